The van der Waals surface area contributed by atoms with E-state index in [1.165, 1.54) is 0 Å². The van der Waals surface area contributed by atoms with Gasteiger partial charge in [0.1, 0.15) is 10.8 Å². The van der Waals surface area contributed by atoms with Crippen molar-refractivity contribution in [1.29, 1.82) is 0 Å². The van der Waals surface area contributed by atoms with Gasteiger partial charge in [0.2, 0.25) is 0 Å². The zero-order valence-electron chi connectivity index (χ0n) is 13.2. The second kappa shape index (κ2) is 6.78. The van der Waals surface area contributed by atoms with Gasteiger partial charge in [0, 0.05) is 5.56 Å². The molecule has 0 atom stereocenters. The van der Waals surface area contributed by atoms with Gasteiger partial charge in [-0.05, 0) is 36.4 Å². The molecule has 124 valence electrons. The molecule has 4 aromatic rings. The van der Waals surface area contributed by atoms with E-state index in [-0.39, 0.29) is 6.03 Å². The summed E-state index contributed by atoms with van der Waals surface area (Å²) in [6, 6.07) is 19.0. The van der Waals surface area contributed by atoms with E-state index in [1.54, 1.807) is 23.7 Å². The Kier molecular flexibility index (Phi) is 4.18. The highest BCUT2D eigenvalue weighted by Crippen LogP contribution is 2.34. The van der Waals surface area contributed by atoms with E-state index in [1.807, 2.05) is 54.6 Å². The zero-order valence-corrected chi connectivity index (χ0v) is 14.0. The quantitative estimate of drug-likeness (QED) is 0.552. The van der Waals surface area contributed by atoms with Gasteiger partial charge in [-0.25, -0.2) is 9.78 Å². The molecule has 6 heteroatoms. The number of thiazole rings is 1. The third-order valence-electron chi connectivity index (χ3n) is 3.70. The SMILES string of the molecule is O=C(NCc1ccco1)Nc1ccccc1-c1nc2ccccc2s1. The lowest BCUT2D eigenvalue weighted by Crippen LogP contribution is -2.28. The van der Waals surface area contributed by atoms with Gasteiger partial charge in [0.15, 0.2) is 0 Å². The van der Waals surface area contributed by atoms with E-state index in [0.29, 0.717) is 12.3 Å². The highest BCUT2D eigenvalue weighted by molar-refractivity contribution is 7.21. The van der Waals surface area contributed by atoms with Crippen molar-refractivity contribution in [3.63, 3.8) is 0 Å². The smallest absolute Gasteiger partial charge is 0.319 e. The molecule has 2 aromatic heterocycles. The van der Waals surface area contributed by atoms with E-state index < -0.39 is 0 Å². The summed E-state index contributed by atoms with van der Waals surface area (Å²) < 4.78 is 6.33. The molecule has 4 rings (SSSR count). The van der Waals surface area contributed by atoms with Crippen molar-refractivity contribution >= 4 is 33.3 Å². The fourth-order valence-electron chi connectivity index (χ4n) is 2.51. The minimum Gasteiger partial charge on any atom is -0.467 e. The first-order chi connectivity index (χ1) is 12.3. The molecule has 0 aliphatic rings. The number of para-hydroxylation sites is 2. The fraction of sp³-hybridized carbons (Fsp3) is 0.0526. The molecule has 0 saturated carbocycles. The molecule has 5 nitrogen and oxygen atoms in total. The molecule has 2 heterocycles. The number of carbonyl (C=O) groups is 1. The van der Waals surface area contributed by atoms with Crippen molar-refractivity contribution < 1.29 is 9.21 Å². The Morgan fingerprint density at radius 1 is 1.04 bits per heavy atom. The van der Waals surface area contributed by atoms with Gasteiger partial charge in [0.05, 0.1) is 28.7 Å². The number of carbonyl (C=O) groups excluding carboxylic acids is 1. The minimum absolute atomic E-state index is 0.287. The Morgan fingerprint density at radius 3 is 2.72 bits per heavy atom. The number of amides is 2. The van der Waals surface area contributed by atoms with Crippen LogP contribution in [0.25, 0.3) is 20.8 Å². The summed E-state index contributed by atoms with van der Waals surface area (Å²) >= 11 is 1.61. The first-order valence-corrected chi connectivity index (χ1v) is 8.63. The number of hydrogen-bond donors (Lipinski definition) is 2. The maximum absolute atomic E-state index is 12.2. The topological polar surface area (TPSA) is 67.2 Å². The number of anilines is 1. The standard InChI is InChI=1S/C19H15N3O2S/c23-19(20-12-13-6-5-11-24-13)22-15-8-2-1-7-14(15)18-21-16-9-3-4-10-17(16)25-18/h1-11H,12H2,(H2,20,22,23). The number of nitrogens with zero attached hydrogens (tertiary/aromatic N) is 1. The van der Waals surface area contributed by atoms with Crippen molar-refractivity contribution in [2.45, 2.75) is 6.54 Å². The number of furan rings is 1. The van der Waals surface area contributed by atoms with Gasteiger partial charge in [-0.3, -0.25) is 0 Å². The first kappa shape index (κ1) is 15.4. The van der Waals surface area contributed by atoms with Crippen LogP contribution in [0.5, 0.6) is 0 Å². The summed E-state index contributed by atoms with van der Waals surface area (Å²) in [5.41, 5.74) is 2.58. The van der Waals surface area contributed by atoms with Crippen molar-refractivity contribution in [3.05, 3.63) is 72.7 Å². The highest BCUT2D eigenvalue weighted by atomic mass is 32.1. The van der Waals surface area contributed by atoms with E-state index in [9.17, 15) is 4.79 Å². The van der Waals surface area contributed by atoms with Crippen LogP contribution in [0.3, 0.4) is 0 Å². The summed E-state index contributed by atoms with van der Waals surface area (Å²) in [7, 11) is 0. The number of fused-ring (bicyclic) bond motifs is 1. The fourth-order valence-corrected chi connectivity index (χ4v) is 3.52. The average molecular weight is 349 g/mol. The lowest BCUT2D eigenvalue weighted by molar-refractivity contribution is 0.251. The Hall–Kier alpha value is -3.12. The van der Waals surface area contributed by atoms with Crippen LogP contribution >= 0.6 is 11.3 Å². The van der Waals surface area contributed by atoms with Gasteiger partial charge in [-0.2, -0.15) is 0 Å². The van der Waals surface area contributed by atoms with Crippen LogP contribution in [0, 0.1) is 0 Å². The summed E-state index contributed by atoms with van der Waals surface area (Å²) in [6.45, 7) is 0.335. The summed E-state index contributed by atoms with van der Waals surface area (Å²) in [5, 5.41) is 6.55. The van der Waals surface area contributed by atoms with E-state index in [2.05, 4.69) is 15.6 Å². The molecule has 0 aliphatic carbocycles. The normalized spacial score (nSPS) is 10.7. The van der Waals surface area contributed by atoms with Gasteiger partial charge < -0.3 is 15.1 Å². The van der Waals surface area contributed by atoms with Gasteiger partial charge in [-0.1, -0.05) is 24.3 Å². The zero-order chi connectivity index (χ0) is 17.1. The van der Waals surface area contributed by atoms with E-state index in [0.717, 1.165) is 26.5 Å². The maximum atomic E-state index is 12.2. The average Bonchev–Trinajstić information content (AvgIpc) is 3.30. The number of benzene rings is 2. The minimum atomic E-state index is -0.287. The monoisotopic (exact) mass is 349 g/mol. The van der Waals surface area contributed by atoms with Crippen LogP contribution < -0.4 is 10.6 Å². The molecule has 0 fully saturated rings. The number of aromatic nitrogens is 1. The van der Waals surface area contributed by atoms with Crippen LogP contribution in [-0.4, -0.2) is 11.0 Å². The Morgan fingerprint density at radius 2 is 1.88 bits per heavy atom. The van der Waals surface area contributed by atoms with Gasteiger partial charge in [0.25, 0.3) is 0 Å². The van der Waals surface area contributed by atoms with Crippen LogP contribution in [0.1, 0.15) is 5.76 Å². The Bertz CT molecular complexity index is 975. The molecule has 2 aromatic carbocycles. The third-order valence-corrected chi connectivity index (χ3v) is 4.77. The first-order valence-electron chi connectivity index (χ1n) is 7.82. The Balaban J connectivity index is 1.55. The van der Waals surface area contributed by atoms with Crippen molar-refractivity contribution in [2.75, 3.05) is 5.32 Å². The Labute approximate surface area is 148 Å². The molecule has 2 amide bonds. The molecule has 0 aliphatic heterocycles. The molecular formula is C19H15N3O2S. The number of nitrogens with one attached hydrogen (secondary N) is 2. The lowest BCUT2D eigenvalue weighted by atomic mass is 10.2. The van der Waals surface area contributed by atoms with E-state index in [4.69, 9.17) is 4.42 Å². The molecule has 0 spiro atoms. The predicted molar refractivity (Wildman–Crippen MR) is 99.6 cm³/mol. The van der Waals surface area contributed by atoms with Crippen LogP contribution in [0.15, 0.2) is 71.3 Å². The van der Waals surface area contributed by atoms with Crippen LogP contribution in [-0.2, 0) is 6.54 Å². The summed E-state index contributed by atoms with van der Waals surface area (Å²) in [4.78, 5) is 16.9. The molecule has 0 saturated heterocycles. The third kappa shape index (κ3) is 3.39. The van der Waals surface area contributed by atoms with Crippen LogP contribution in [0.2, 0.25) is 0 Å². The second-order valence-electron chi connectivity index (χ2n) is 5.42. The van der Waals surface area contributed by atoms with Crippen molar-refractivity contribution in [3.8, 4) is 10.6 Å². The molecule has 0 radical (unpaired) electrons. The number of urea groups is 1. The lowest BCUT2D eigenvalue weighted by Gasteiger charge is -2.10. The molecular weight excluding hydrogens is 334 g/mol. The largest absolute Gasteiger partial charge is 0.467 e. The molecule has 2 N–H and O–H groups in total. The predicted octanol–water partition coefficient (Wildman–Crippen LogP) is 4.88. The second-order valence-corrected chi connectivity index (χ2v) is 6.45. The van der Waals surface area contributed by atoms with Gasteiger partial charge >= 0.3 is 6.03 Å². The van der Waals surface area contributed by atoms with Crippen molar-refractivity contribution in [1.82, 2.24) is 10.3 Å². The summed E-state index contributed by atoms with van der Waals surface area (Å²) in [5.74, 6) is 0.703. The van der Waals surface area contributed by atoms with Gasteiger partial charge in [-0.15, -0.1) is 11.3 Å². The number of hydrogen-bond acceptors (Lipinski definition) is 4. The highest BCUT2D eigenvalue weighted by Gasteiger charge is 2.12. The van der Waals surface area contributed by atoms with Crippen molar-refractivity contribution in [2.24, 2.45) is 0 Å². The van der Waals surface area contributed by atoms with Crippen LogP contribution in [0.4, 0.5) is 10.5 Å². The summed E-state index contributed by atoms with van der Waals surface area (Å²) in [6.07, 6.45) is 1.58. The van der Waals surface area contributed by atoms with E-state index >= 15 is 0 Å². The molecule has 25 heavy (non-hydrogen) atoms. The number of rotatable bonds is 4. The maximum Gasteiger partial charge on any atom is 0.319 e. The molecule has 0 unspecified atom stereocenters. The molecule has 0 bridgehead atoms.